The molecular weight excluding hydrogens is 208 g/mol. The van der Waals surface area contributed by atoms with Crippen LogP contribution in [-0.2, 0) is 0 Å². The Balaban J connectivity index is 2.34. The summed E-state index contributed by atoms with van der Waals surface area (Å²) in [5.41, 5.74) is 0.363. The third kappa shape index (κ3) is 4.17. The van der Waals surface area contributed by atoms with Crippen molar-refractivity contribution in [2.45, 2.75) is 12.8 Å². The van der Waals surface area contributed by atoms with Gasteiger partial charge < -0.3 is 5.32 Å². The molecule has 1 rings (SSSR count). The number of thioether (sulfide) groups is 1. The van der Waals surface area contributed by atoms with Gasteiger partial charge in [0.25, 0.3) is 0 Å². The van der Waals surface area contributed by atoms with Crippen molar-refractivity contribution in [1.82, 2.24) is 9.97 Å². The molecule has 0 unspecified atom stereocenters. The maximum atomic E-state index is 8.76. The van der Waals surface area contributed by atoms with E-state index in [4.69, 9.17) is 5.26 Å². The number of rotatable bonds is 6. The van der Waals surface area contributed by atoms with Crippen LogP contribution in [0.15, 0.2) is 12.4 Å². The lowest BCUT2D eigenvalue weighted by atomic mass is 10.3. The Morgan fingerprint density at radius 3 is 2.93 bits per heavy atom. The topological polar surface area (TPSA) is 61.6 Å². The molecule has 1 aromatic heterocycles. The van der Waals surface area contributed by atoms with Crippen LogP contribution < -0.4 is 5.32 Å². The molecule has 1 N–H and O–H groups in total. The summed E-state index contributed by atoms with van der Waals surface area (Å²) >= 11 is 1.85. The molecule has 0 aliphatic heterocycles. The summed E-state index contributed by atoms with van der Waals surface area (Å²) in [6, 6.07) is 2.01. The molecule has 1 aromatic rings. The van der Waals surface area contributed by atoms with E-state index >= 15 is 0 Å². The molecule has 1 heterocycles. The second kappa shape index (κ2) is 7.07. The number of unbranched alkanes of at least 4 members (excludes halogenated alkanes) is 1. The van der Waals surface area contributed by atoms with Crippen LogP contribution in [0.1, 0.15) is 18.5 Å². The van der Waals surface area contributed by atoms with E-state index in [0.717, 1.165) is 13.0 Å². The van der Waals surface area contributed by atoms with E-state index in [1.807, 2.05) is 17.8 Å². The molecule has 0 fully saturated rings. The second-order valence-corrected chi connectivity index (χ2v) is 3.98. The van der Waals surface area contributed by atoms with Gasteiger partial charge in [-0.2, -0.15) is 17.0 Å². The quantitative estimate of drug-likeness (QED) is 0.745. The fraction of sp³-hybridized carbons (Fsp3) is 0.500. The first-order chi connectivity index (χ1) is 7.38. The standard InChI is InChI=1S/C10H14N4S/c1-15-7-3-2-4-13-10-9(8-11)12-5-6-14-10/h5-6H,2-4,7H2,1H3,(H,13,14). The molecule has 4 nitrogen and oxygen atoms in total. The van der Waals surface area contributed by atoms with Gasteiger partial charge in [0.2, 0.25) is 0 Å². The van der Waals surface area contributed by atoms with Crippen LogP contribution in [0.25, 0.3) is 0 Å². The highest BCUT2D eigenvalue weighted by Crippen LogP contribution is 2.07. The predicted molar refractivity (Wildman–Crippen MR) is 62.9 cm³/mol. The van der Waals surface area contributed by atoms with Crippen LogP contribution in [0.5, 0.6) is 0 Å². The van der Waals surface area contributed by atoms with E-state index < -0.39 is 0 Å². The van der Waals surface area contributed by atoms with Crippen LogP contribution in [0.3, 0.4) is 0 Å². The lowest BCUT2D eigenvalue weighted by molar-refractivity contribution is 0.838. The molecule has 0 spiro atoms. The summed E-state index contributed by atoms with van der Waals surface area (Å²) in [5, 5.41) is 11.9. The monoisotopic (exact) mass is 222 g/mol. The van der Waals surface area contributed by atoms with Gasteiger partial charge in [0, 0.05) is 18.9 Å². The fourth-order valence-corrected chi connectivity index (χ4v) is 1.62. The highest BCUT2D eigenvalue weighted by Gasteiger charge is 2.01. The molecule has 0 saturated carbocycles. The SMILES string of the molecule is CSCCCCNc1nccnc1C#N. The summed E-state index contributed by atoms with van der Waals surface area (Å²) < 4.78 is 0. The fourth-order valence-electron chi connectivity index (χ4n) is 1.13. The van der Waals surface area contributed by atoms with E-state index in [1.165, 1.54) is 18.4 Å². The molecule has 0 saturated heterocycles. The van der Waals surface area contributed by atoms with Crippen molar-refractivity contribution in [3.63, 3.8) is 0 Å². The molecule has 5 heteroatoms. The van der Waals surface area contributed by atoms with E-state index in [2.05, 4.69) is 21.5 Å². The van der Waals surface area contributed by atoms with Gasteiger partial charge in [-0.3, -0.25) is 0 Å². The molecule has 0 radical (unpaired) electrons. The molecule has 0 aromatic carbocycles. The first-order valence-electron chi connectivity index (χ1n) is 4.82. The van der Waals surface area contributed by atoms with Crippen LogP contribution in [0.2, 0.25) is 0 Å². The highest BCUT2D eigenvalue weighted by molar-refractivity contribution is 7.98. The zero-order valence-electron chi connectivity index (χ0n) is 8.73. The smallest absolute Gasteiger partial charge is 0.182 e. The van der Waals surface area contributed by atoms with E-state index in [-0.39, 0.29) is 0 Å². The van der Waals surface area contributed by atoms with E-state index in [9.17, 15) is 0 Å². The third-order valence-corrected chi connectivity index (χ3v) is 2.57. The van der Waals surface area contributed by atoms with Crippen molar-refractivity contribution in [2.75, 3.05) is 23.9 Å². The molecule has 0 amide bonds. The average molecular weight is 222 g/mol. The van der Waals surface area contributed by atoms with Gasteiger partial charge >= 0.3 is 0 Å². The number of hydrogen-bond donors (Lipinski definition) is 1. The Morgan fingerprint density at radius 2 is 2.20 bits per heavy atom. The van der Waals surface area contributed by atoms with Crippen LogP contribution in [0, 0.1) is 11.3 Å². The number of nitriles is 1. The van der Waals surface area contributed by atoms with E-state index in [1.54, 1.807) is 6.20 Å². The minimum atomic E-state index is 0.363. The van der Waals surface area contributed by atoms with E-state index in [0.29, 0.717) is 11.5 Å². The Bertz CT molecular complexity index is 334. The van der Waals surface area contributed by atoms with Crippen molar-refractivity contribution in [3.8, 4) is 6.07 Å². The number of nitrogens with one attached hydrogen (secondary N) is 1. The highest BCUT2D eigenvalue weighted by atomic mass is 32.2. The average Bonchev–Trinajstić information content (AvgIpc) is 2.29. The van der Waals surface area contributed by atoms with Crippen LogP contribution in [0.4, 0.5) is 5.82 Å². The third-order valence-electron chi connectivity index (χ3n) is 1.87. The predicted octanol–water partition coefficient (Wildman–Crippen LogP) is 1.90. The van der Waals surface area contributed by atoms with Gasteiger partial charge in [-0.15, -0.1) is 0 Å². The molecular formula is C10H14N4S. The molecule has 0 bridgehead atoms. The summed E-state index contributed by atoms with van der Waals surface area (Å²) in [6.45, 7) is 0.841. The molecule has 0 aliphatic carbocycles. The minimum Gasteiger partial charge on any atom is -0.368 e. The van der Waals surface area contributed by atoms with Crippen LogP contribution in [-0.4, -0.2) is 28.5 Å². The summed E-state index contributed by atoms with van der Waals surface area (Å²) in [4.78, 5) is 7.99. The molecule has 15 heavy (non-hydrogen) atoms. The molecule has 0 aliphatic rings. The Labute approximate surface area is 94.1 Å². The molecule has 80 valence electrons. The number of anilines is 1. The summed E-state index contributed by atoms with van der Waals surface area (Å²) in [6.07, 6.45) is 7.48. The Morgan fingerprint density at radius 1 is 1.40 bits per heavy atom. The zero-order valence-corrected chi connectivity index (χ0v) is 9.55. The minimum absolute atomic E-state index is 0.363. The van der Waals surface area contributed by atoms with Gasteiger partial charge in [0.1, 0.15) is 6.07 Å². The zero-order chi connectivity index (χ0) is 10.9. The Hall–Kier alpha value is -1.28. The summed E-state index contributed by atoms with van der Waals surface area (Å²) in [5.74, 6) is 1.76. The Kier molecular flexibility index (Phi) is 5.56. The van der Waals surface area contributed by atoms with Crippen molar-refractivity contribution >= 4 is 17.6 Å². The van der Waals surface area contributed by atoms with Crippen molar-refractivity contribution < 1.29 is 0 Å². The van der Waals surface area contributed by atoms with Gasteiger partial charge in [0.15, 0.2) is 11.5 Å². The van der Waals surface area contributed by atoms with Crippen LogP contribution >= 0.6 is 11.8 Å². The van der Waals surface area contributed by atoms with Crippen molar-refractivity contribution in [2.24, 2.45) is 0 Å². The van der Waals surface area contributed by atoms with Gasteiger partial charge in [-0.05, 0) is 24.9 Å². The number of hydrogen-bond acceptors (Lipinski definition) is 5. The largest absolute Gasteiger partial charge is 0.368 e. The van der Waals surface area contributed by atoms with Crippen molar-refractivity contribution in [1.29, 1.82) is 5.26 Å². The lowest BCUT2D eigenvalue weighted by Crippen LogP contribution is -2.06. The van der Waals surface area contributed by atoms with Gasteiger partial charge in [-0.25, -0.2) is 9.97 Å². The van der Waals surface area contributed by atoms with Gasteiger partial charge in [0.05, 0.1) is 0 Å². The van der Waals surface area contributed by atoms with Gasteiger partial charge in [-0.1, -0.05) is 0 Å². The number of aromatic nitrogens is 2. The first kappa shape index (κ1) is 11.8. The first-order valence-corrected chi connectivity index (χ1v) is 6.21. The molecule has 0 atom stereocenters. The van der Waals surface area contributed by atoms with Crippen molar-refractivity contribution in [3.05, 3.63) is 18.1 Å². The summed E-state index contributed by atoms with van der Waals surface area (Å²) in [7, 11) is 0. The lowest BCUT2D eigenvalue weighted by Gasteiger charge is -2.05. The maximum absolute atomic E-state index is 8.76. The second-order valence-electron chi connectivity index (χ2n) is 2.99. The maximum Gasteiger partial charge on any atom is 0.182 e. The normalized spacial score (nSPS) is 9.60. The number of nitrogens with zero attached hydrogens (tertiary/aromatic N) is 3.